The first-order valence-electron chi connectivity index (χ1n) is 19.3. The Labute approximate surface area is 343 Å². The molecule has 0 bridgehead atoms. The van der Waals surface area contributed by atoms with Crippen LogP contribution in [0.15, 0.2) is 83.8 Å². The van der Waals surface area contributed by atoms with Crippen LogP contribution in [-0.2, 0) is 54.0 Å². The van der Waals surface area contributed by atoms with Crippen LogP contribution in [0.1, 0.15) is 91.7 Å². The number of ether oxygens (including phenoxy) is 6. The third-order valence-corrected chi connectivity index (χ3v) is 9.85. The Bertz CT molecular complexity index is 1920. The predicted molar refractivity (Wildman–Crippen MR) is 216 cm³/mol. The zero-order valence-electron chi connectivity index (χ0n) is 35.3. The number of alkyl carbamates (subject to hydrolysis) is 1. The molecule has 0 aromatic heterocycles. The van der Waals surface area contributed by atoms with E-state index < -0.39 is 68.6 Å². The Balaban J connectivity index is 1.52. The summed E-state index contributed by atoms with van der Waals surface area (Å²) in [6.45, 7) is 17.2. The molecule has 3 aromatic rings. The Morgan fingerprint density at radius 1 is 0.741 bits per heavy atom. The highest BCUT2D eigenvalue weighted by molar-refractivity contribution is 7.86. The van der Waals surface area contributed by atoms with E-state index in [1.54, 1.807) is 98.7 Å². The van der Waals surface area contributed by atoms with Crippen molar-refractivity contribution < 1.29 is 55.4 Å². The molecule has 1 saturated heterocycles. The van der Waals surface area contributed by atoms with Gasteiger partial charge in [0.1, 0.15) is 35.2 Å². The normalized spacial score (nSPS) is 18.7. The van der Waals surface area contributed by atoms with Gasteiger partial charge in [0.2, 0.25) is 0 Å². The van der Waals surface area contributed by atoms with Gasteiger partial charge in [0.25, 0.3) is 10.1 Å². The minimum absolute atomic E-state index is 0.00822. The first kappa shape index (κ1) is 46.2. The van der Waals surface area contributed by atoms with Gasteiger partial charge < -0.3 is 33.7 Å². The van der Waals surface area contributed by atoms with Crippen LogP contribution >= 0.6 is 0 Å². The Hall–Kier alpha value is -4.50. The van der Waals surface area contributed by atoms with Gasteiger partial charge in [-0.2, -0.15) is 8.42 Å². The first-order chi connectivity index (χ1) is 26.9. The highest BCUT2D eigenvalue weighted by atomic mass is 32.2. The summed E-state index contributed by atoms with van der Waals surface area (Å²) in [5.41, 5.74) is -1.05. The average Bonchev–Trinajstić information content (AvgIpc) is 3.12. The summed E-state index contributed by atoms with van der Waals surface area (Å²) in [4.78, 5) is 39.9. The summed E-state index contributed by atoms with van der Waals surface area (Å²) < 4.78 is 67.2. The second-order valence-electron chi connectivity index (χ2n) is 17.7. The maximum Gasteiger partial charge on any atom is 0.408 e. The molecule has 1 heterocycles. The molecule has 58 heavy (non-hydrogen) atoms. The van der Waals surface area contributed by atoms with Crippen molar-refractivity contribution in [2.45, 2.75) is 116 Å². The molecule has 4 rings (SSSR count). The van der Waals surface area contributed by atoms with Gasteiger partial charge in [-0.3, -0.25) is 8.98 Å². The monoisotopic (exact) mass is 825 g/mol. The van der Waals surface area contributed by atoms with Crippen LogP contribution in [0.4, 0.5) is 4.79 Å². The van der Waals surface area contributed by atoms with Crippen molar-refractivity contribution in [3.63, 3.8) is 0 Å². The van der Waals surface area contributed by atoms with Crippen LogP contribution in [0.25, 0.3) is 0 Å². The van der Waals surface area contributed by atoms with Crippen molar-refractivity contribution >= 4 is 28.1 Å². The number of carbonyl (C=O) groups excluding carboxylic acids is 3. The maximum absolute atomic E-state index is 13.6. The number of carbonyl (C=O) groups is 3. The Kier molecular flexibility index (Phi) is 15.2. The van der Waals surface area contributed by atoms with Crippen LogP contribution < -0.4 is 10.1 Å². The van der Waals surface area contributed by atoms with E-state index in [-0.39, 0.29) is 44.2 Å². The molecular formula is C44H59NO12S. The molecular weight excluding hydrogens is 767 g/mol. The molecule has 1 aliphatic rings. The van der Waals surface area contributed by atoms with Crippen molar-refractivity contribution in [1.82, 2.24) is 5.32 Å². The molecule has 1 aliphatic heterocycles. The summed E-state index contributed by atoms with van der Waals surface area (Å²) in [5, 5.41) is 2.60. The second kappa shape index (κ2) is 19.0. The number of rotatable bonds is 15. The van der Waals surface area contributed by atoms with Crippen LogP contribution in [-0.4, -0.2) is 75.7 Å². The van der Waals surface area contributed by atoms with Gasteiger partial charge in [-0.05, 0) is 112 Å². The Morgan fingerprint density at radius 3 is 1.84 bits per heavy atom. The molecule has 1 amide bonds. The second-order valence-corrected chi connectivity index (χ2v) is 19.3. The topological polar surface area (TPSA) is 162 Å². The third-order valence-electron chi connectivity index (χ3n) is 8.58. The van der Waals surface area contributed by atoms with Gasteiger partial charge in [-0.1, -0.05) is 60.2 Å². The van der Waals surface area contributed by atoms with E-state index in [1.165, 1.54) is 12.1 Å². The van der Waals surface area contributed by atoms with E-state index in [2.05, 4.69) is 5.32 Å². The first-order valence-corrected chi connectivity index (χ1v) is 20.7. The highest BCUT2D eigenvalue weighted by Gasteiger charge is 2.41. The Morgan fingerprint density at radius 2 is 1.29 bits per heavy atom. The molecule has 14 heteroatoms. The third kappa shape index (κ3) is 15.0. The standard InChI is InChI=1S/C44H59NO12S/c1-30-16-22-35(23-17-30)58(49,50)54-29-44(27-52-39(53-28-44)32-14-12-11-13-15-32)26-51-34-20-18-31(19-21-34)24-33(37(46)55-41(2,3)4)25-36(38(47)56-42(5,6)7)45-40(48)57-43(8,9)10/h11-23,33,36,39H,24-29H2,1-10H3,(H,45,48)/t33-,36-,39?,44?/m0/s1. The molecule has 318 valence electrons. The lowest BCUT2D eigenvalue weighted by Crippen LogP contribution is -2.48. The molecule has 2 atom stereocenters. The van der Waals surface area contributed by atoms with Crippen LogP contribution in [0.2, 0.25) is 0 Å². The van der Waals surface area contributed by atoms with E-state index in [0.717, 1.165) is 16.7 Å². The molecule has 0 radical (unpaired) electrons. The van der Waals surface area contributed by atoms with Crippen molar-refractivity contribution in [3.05, 3.63) is 95.6 Å². The van der Waals surface area contributed by atoms with E-state index in [1.807, 2.05) is 37.3 Å². The fourth-order valence-electron chi connectivity index (χ4n) is 5.79. The van der Waals surface area contributed by atoms with Crippen molar-refractivity contribution in [1.29, 1.82) is 0 Å². The smallest absolute Gasteiger partial charge is 0.408 e. The molecule has 13 nitrogen and oxygen atoms in total. The van der Waals surface area contributed by atoms with Crippen LogP contribution in [0.3, 0.4) is 0 Å². The van der Waals surface area contributed by atoms with Gasteiger partial charge in [0.15, 0.2) is 6.29 Å². The van der Waals surface area contributed by atoms with Gasteiger partial charge >= 0.3 is 18.0 Å². The van der Waals surface area contributed by atoms with Crippen molar-refractivity contribution in [2.75, 3.05) is 26.4 Å². The van der Waals surface area contributed by atoms with E-state index >= 15 is 0 Å². The number of benzene rings is 3. The zero-order chi connectivity index (χ0) is 42.9. The lowest BCUT2D eigenvalue weighted by molar-refractivity contribution is -0.244. The number of aryl methyl sites for hydroxylation is 1. The lowest BCUT2D eigenvalue weighted by atomic mass is 9.91. The largest absolute Gasteiger partial charge is 0.493 e. The van der Waals surface area contributed by atoms with E-state index in [9.17, 15) is 22.8 Å². The molecule has 0 aliphatic carbocycles. The zero-order valence-corrected chi connectivity index (χ0v) is 36.1. The number of hydrogen-bond acceptors (Lipinski definition) is 12. The number of esters is 2. The molecule has 1 N–H and O–H groups in total. The summed E-state index contributed by atoms with van der Waals surface area (Å²) in [5.74, 6) is -1.68. The molecule has 1 fully saturated rings. The van der Waals surface area contributed by atoms with Crippen LogP contribution in [0.5, 0.6) is 5.75 Å². The fourth-order valence-corrected chi connectivity index (χ4v) is 6.80. The maximum atomic E-state index is 13.6. The van der Waals surface area contributed by atoms with E-state index in [4.69, 9.17) is 32.6 Å². The van der Waals surface area contributed by atoms with Crippen molar-refractivity contribution in [3.8, 4) is 5.75 Å². The number of hydrogen-bond donors (Lipinski definition) is 1. The molecule has 0 saturated carbocycles. The highest BCUT2D eigenvalue weighted by Crippen LogP contribution is 2.34. The quantitative estimate of drug-likeness (QED) is 0.0907. The SMILES string of the molecule is Cc1ccc(S(=O)(=O)OCC2(COc3ccc(C[C@@H](C[C@H](NC(=O)OC(C)(C)C)C(=O)OC(C)(C)C)C(=O)OC(C)(C)C)cc3)COC(c3ccccc3)OC2)cc1. The lowest BCUT2D eigenvalue weighted by Gasteiger charge is -2.39. The van der Waals surface area contributed by atoms with Gasteiger partial charge in [-0.15, -0.1) is 0 Å². The minimum atomic E-state index is -4.10. The van der Waals surface area contributed by atoms with Crippen LogP contribution in [0, 0.1) is 18.3 Å². The summed E-state index contributed by atoms with van der Waals surface area (Å²) in [6, 6.07) is 21.6. The molecule has 3 aromatic carbocycles. The van der Waals surface area contributed by atoms with Gasteiger partial charge in [0, 0.05) is 5.56 Å². The summed E-state index contributed by atoms with van der Waals surface area (Å²) >= 11 is 0. The van der Waals surface area contributed by atoms with E-state index in [0.29, 0.717) is 5.75 Å². The fraction of sp³-hybridized carbons (Fsp3) is 0.523. The summed E-state index contributed by atoms with van der Waals surface area (Å²) in [6.07, 6.45) is -1.44. The molecule has 0 spiro atoms. The predicted octanol–water partition coefficient (Wildman–Crippen LogP) is 7.64. The minimum Gasteiger partial charge on any atom is -0.493 e. The summed E-state index contributed by atoms with van der Waals surface area (Å²) in [7, 11) is -4.10. The molecule has 0 unspecified atom stereocenters. The number of amides is 1. The average molecular weight is 826 g/mol. The van der Waals surface area contributed by atoms with Gasteiger partial charge in [0.05, 0.1) is 36.0 Å². The van der Waals surface area contributed by atoms with Gasteiger partial charge in [-0.25, -0.2) is 9.59 Å². The van der Waals surface area contributed by atoms with Crippen molar-refractivity contribution in [2.24, 2.45) is 11.3 Å². The number of nitrogens with one attached hydrogen (secondary N) is 1.